The molecular weight excluding hydrogens is 160 g/mol. The van der Waals surface area contributed by atoms with E-state index in [9.17, 15) is 17.6 Å². The first-order chi connectivity index (χ1) is 5.02. The Bertz CT molecular complexity index is 103. The van der Waals surface area contributed by atoms with E-state index in [1.165, 1.54) is 0 Å². The summed E-state index contributed by atoms with van der Waals surface area (Å²) in [6, 6.07) is 0. The van der Waals surface area contributed by atoms with Crippen LogP contribution in [0, 0.1) is 6.92 Å². The van der Waals surface area contributed by atoms with Crippen LogP contribution in [0.4, 0.5) is 17.6 Å². The van der Waals surface area contributed by atoms with E-state index >= 15 is 0 Å². The van der Waals surface area contributed by atoms with Gasteiger partial charge in [-0.05, 0) is 13.3 Å². The van der Waals surface area contributed by atoms with Crippen LogP contribution in [0.2, 0.25) is 0 Å². The van der Waals surface area contributed by atoms with Gasteiger partial charge in [-0.1, -0.05) is 0 Å². The lowest BCUT2D eigenvalue weighted by atomic mass is 10.1. The van der Waals surface area contributed by atoms with Crippen molar-refractivity contribution in [1.29, 1.82) is 0 Å². The van der Waals surface area contributed by atoms with Gasteiger partial charge >= 0.3 is 0 Å². The van der Waals surface area contributed by atoms with Crippen molar-refractivity contribution < 1.29 is 17.6 Å². The Labute approximate surface area is 63.6 Å². The van der Waals surface area contributed by atoms with Crippen LogP contribution < -0.4 is 0 Å². The summed E-state index contributed by atoms with van der Waals surface area (Å²) in [5.74, 6) is -2.94. The summed E-state index contributed by atoms with van der Waals surface area (Å²) in [6.45, 7) is 1.81. The second-order valence-electron chi connectivity index (χ2n) is 2.40. The Morgan fingerprint density at radius 1 is 1.36 bits per heavy atom. The predicted molar refractivity (Wildman–Crippen MR) is 35.0 cm³/mol. The molecule has 1 atom stereocenters. The number of hydrogen-bond acceptors (Lipinski definition) is 0. The number of hydrogen-bond donors (Lipinski definition) is 0. The van der Waals surface area contributed by atoms with Gasteiger partial charge in [0.25, 0.3) is 0 Å². The fraction of sp³-hybridized carbons (Fsp3) is 0.857. The Balaban J connectivity index is 3.52. The van der Waals surface area contributed by atoms with Gasteiger partial charge in [0.2, 0.25) is 5.92 Å². The van der Waals surface area contributed by atoms with Crippen molar-refractivity contribution in [3.63, 3.8) is 0 Å². The summed E-state index contributed by atoms with van der Waals surface area (Å²) >= 11 is 0. The standard InChI is InChI=1S/C7H11F4/c1-2-7(10,11)4-3-6(9)5-8/h6H,1-5H2/t6-/m0/s1. The van der Waals surface area contributed by atoms with Gasteiger partial charge in [0.05, 0.1) is 0 Å². The highest BCUT2D eigenvalue weighted by molar-refractivity contribution is 4.69. The highest BCUT2D eigenvalue weighted by Gasteiger charge is 2.27. The van der Waals surface area contributed by atoms with E-state index in [4.69, 9.17) is 0 Å². The maximum atomic E-state index is 12.3. The van der Waals surface area contributed by atoms with E-state index in [2.05, 4.69) is 6.92 Å². The van der Waals surface area contributed by atoms with Crippen molar-refractivity contribution in [3.8, 4) is 0 Å². The van der Waals surface area contributed by atoms with Crippen LogP contribution in [0.5, 0.6) is 0 Å². The molecule has 0 unspecified atom stereocenters. The van der Waals surface area contributed by atoms with E-state index in [1.54, 1.807) is 0 Å². The molecule has 0 nitrogen and oxygen atoms in total. The van der Waals surface area contributed by atoms with Crippen molar-refractivity contribution in [2.75, 3.05) is 6.67 Å². The second kappa shape index (κ2) is 4.57. The maximum Gasteiger partial charge on any atom is 0.248 e. The lowest BCUT2D eigenvalue weighted by molar-refractivity contribution is -0.0135. The summed E-state index contributed by atoms with van der Waals surface area (Å²) in [6.07, 6.45) is -3.38. The summed E-state index contributed by atoms with van der Waals surface area (Å²) in [5, 5.41) is 0. The zero-order chi connectivity index (χ0) is 8.91. The maximum absolute atomic E-state index is 12.3. The molecule has 1 radical (unpaired) electrons. The third-order valence-corrected chi connectivity index (χ3v) is 1.36. The zero-order valence-corrected chi connectivity index (χ0v) is 6.12. The molecule has 0 bridgehead atoms. The minimum atomic E-state index is -2.94. The average Bonchev–Trinajstić information content (AvgIpc) is 2.00. The molecule has 0 N–H and O–H groups in total. The first kappa shape index (κ1) is 10.7. The van der Waals surface area contributed by atoms with E-state index in [-0.39, 0.29) is 0 Å². The third-order valence-electron chi connectivity index (χ3n) is 1.36. The van der Waals surface area contributed by atoms with Crippen LogP contribution in [-0.4, -0.2) is 18.8 Å². The molecular formula is C7H11F4. The molecule has 0 fully saturated rings. The highest BCUT2D eigenvalue weighted by atomic mass is 19.3. The normalized spacial score (nSPS) is 15.0. The van der Waals surface area contributed by atoms with E-state index < -0.39 is 38.0 Å². The minimum Gasteiger partial charge on any atom is -0.248 e. The van der Waals surface area contributed by atoms with Crippen LogP contribution in [0.25, 0.3) is 0 Å². The molecule has 0 rings (SSSR count). The van der Waals surface area contributed by atoms with E-state index in [0.717, 1.165) is 0 Å². The molecule has 0 aromatic rings. The van der Waals surface area contributed by atoms with E-state index in [1.807, 2.05) is 0 Å². The fourth-order valence-electron chi connectivity index (χ4n) is 0.570. The number of rotatable bonds is 5. The quantitative estimate of drug-likeness (QED) is 0.558. The lowest BCUT2D eigenvalue weighted by Crippen LogP contribution is -2.17. The average molecular weight is 171 g/mol. The smallest absolute Gasteiger partial charge is 0.248 e. The molecule has 0 aromatic carbocycles. The molecule has 0 amide bonds. The third kappa shape index (κ3) is 5.04. The minimum absolute atomic E-state index is 0.432. The van der Waals surface area contributed by atoms with Crippen molar-refractivity contribution in [1.82, 2.24) is 0 Å². The zero-order valence-electron chi connectivity index (χ0n) is 6.12. The van der Waals surface area contributed by atoms with Gasteiger partial charge in [-0.25, -0.2) is 17.6 Å². The Morgan fingerprint density at radius 2 is 1.91 bits per heavy atom. The summed E-state index contributed by atoms with van der Waals surface area (Å²) in [4.78, 5) is 0. The monoisotopic (exact) mass is 171 g/mol. The molecule has 67 valence electrons. The van der Waals surface area contributed by atoms with Crippen molar-refractivity contribution in [3.05, 3.63) is 6.92 Å². The topological polar surface area (TPSA) is 0 Å². The molecule has 0 aliphatic rings. The molecule has 0 heterocycles. The Kier molecular flexibility index (Phi) is 4.45. The summed E-state index contributed by atoms with van der Waals surface area (Å²) in [7, 11) is 0. The molecule has 0 aliphatic heterocycles. The van der Waals surface area contributed by atoms with Crippen molar-refractivity contribution >= 4 is 0 Å². The molecule has 11 heavy (non-hydrogen) atoms. The van der Waals surface area contributed by atoms with Gasteiger partial charge < -0.3 is 0 Å². The van der Waals surface area contributed by atoms with Crippen molar-refractivity contribution in [2.24, 2.45) is 0 Å². The van der Waals surface area contributed by atoms with Gasteiger partial charge in [0, 0.05) is 12.8 Å². The Hall–Kier alpha value is -0.280. The molecule has 4 heteroatoms. The SMILES string of the molecule is [CH2]CC(F)(F)CC[C@H](F)CF. The molecule has 0 spiro atoms. The van der Waals surface area contributed by atoms with Gasteiger partial charge in [-0.3, -0.25) is 0 Å². The first-order valence-electron chi connectivity index (χ1n) is 3.39. The predicted octanol–water partition coefficient (Wildman–Crippen LogP) is 2.93. The highest BCUT2D eigenvalue weighted by Crippen LogP contribution is 2.25. The number of halogens is 4. The molecule has 0 saturated carbocycles. The van der Waals surface area contributed by atoms with Crippen LogP contribution >= 0.6 is 0 Å². The van der Waals surface area contributed by atoms with E-state index in [0.29, 0.717) is 0 Å². The Morgan fingerprint density at radius 3 is 2.27 bits per heavy atom. The molecule has 0 aromatic heterocycles. The van der Waals surface area contributed by atoms with Gasteiger partial charge in [-0.15, -0.1) is 0 Å². The van der Waals surface area contributed by atoms with Gasteiger partial charge in [-0.2, -0.15) is 0 Å². The first-order valence-corrected chi connectivity index (χ1v) is 3.39. The summed E-state index contributed by atoms with van der Waals surface area (Å²) in [5.41, 5.74) is 0. The van der Waals surface area contributed by atoms with Gasteiger partial charge in [0.1, 0.15) is 12.8 Å². The van der Waals surface area contributed by atoms with Crippen LogP contribution in [0.1, 0.15) is 19.3 Å². The van der Waals surface area contributed by atoms with Crippen LogP contribution in [0.15, 0.2) is 0 Å². The van der Waals surface area contributed by atoms with Crippen LogP contribution in [0.3, 0.4) is 0 Å². The molecule has 0 aliphatic carbocycles. The van der Waals surface area contributed by atoms with Gasteiger partial charge in [0.15, 0.2) is 0 Å². The number of alkyl halides is 4. The van der Waals surface area contributed by atoms with Crippen molar-refractivity contribution in [2.45, 2.75) is 31.4 Å². The van der Waals surface area contributed by atoms with Crippen LogP contribution in [-0.2, 0) is 0 Å². The molecule has 0 saturated heterocycles. The largest absolute Gasteiger partial charge is 0.248 e. The second-order valence-corrected chi connectivity index (χ2v) is 2.40. The fourth-order valence-corrected chi connectivity index (χ4v) is 0.570. The lowest BCUT2D eigenvalue weighted by Gasteiger charge is -2.13. The summed E-state index contributed by atoms with van der Waals surface area (Å²) < 4.78 is 48.1.